The molecule has 1 atom stereocenters. The first-order valence-electron chi connectivity index (χ1n) is 9.43. The Kier molecular flexibility index (Phi) is 4.84. The molecular weight excluding hydrogens is 376 g/mol. The number of carbonyl (C=O) groups excluding carboxylic acids is 1. The summed E-state index contributed by atoms with van der Waals surface area (Å²) >= 11 is 0. The minimum absolute atomic E-state index is 0.0391. The van der Waals surface area contributed by atoms with Gasteiger partial charge in [-0.05, 0) is 26.0 Å². The van der Waals surface area contributed by atoms with Crippen molar-refractivity contribution in [2.24, 2.45) is 0 Å². The highest BCUT2D eigenvalue weighted by molar-refractivity contribution is 7.89. The first kappa shape index (κ1) is 18.9. The van der Waals surface area contributed by atoms with Crippen molar-refractivity contribution in [1.82, 2.24) is 18.8 Å². The Labute approximate surface area is 165 Å². The molecule has 0 saturated carbocycles. The Balaban J connectivity index is 1.55. The predicted octanol–water partition coefficient (Wildman–Crippen LogP) is 1.90. The van der Waals surface area contributed by atoms with E-state index in [0.717, 1.165) is 5.56 Å². The number of aromatic nitrogens is 2. The lowest BCUT2D eigenvalue weighted by molar-refractivity contribution is -0.129. The SMILES string of the molecule is Cc1ccc(S(=O)(=O)N2CCn3cc(CC(=O)N4CC=CC4)nc3C2C)cc1. The van der Waals surface area contributed by atoms with Crippen LogP contribution in [0.4, 0.5) is 0 Å². The van der Waals surface area contributed by atoms with E-state index in [1.807, 2.05) is 36.8 Å². The van der Waals surface area contributed by atoms with Gasteiger partial charge in [-0.2, -0.15) is 4.31 Å². The predicted molar refractivity (Wildman–Crippen MR) is 105 cm³/mol. The van der Waals surface area contributed by atoms with Crippen molar-refractivity contribution in [3.05, 3.63) is 59.7 Å². The molecule has 1 aromatic carbocycles. The molecular formula is C20H24N4O3S. The highest BCUT2D eigenvalue weighted by Crippen LogP contribution is 2.30. The second kappa shape index (κ2) is 7.18. The van der Waals surface area contributed by atoms with Crippen LogP contribution in [0.2, 0.25) is 0 Å². The standard InChI is InChI=1S/C20H24N4O3S/c1-15-5-7-18(8-6-15)28(26,27)24-12-11-23-14-17(21-20(23)16(24)2)13-19(25)22-9-3-4-10-22/h3-8,14,16H,9-13H2,1-2H3. The summed E-state index contributed by atoms with van der Waals surface area (Å²) in [5.74, 6) is 0.724. The van der Waals surface area contributed by atoms with Gasteiger partial charge in [-0.1, -0.05) is 29.8 Å². The van der Waals surface area contributed by atoms with Crippen LogP contribution in [-0.2, 0) is 27.8 Å². The molecule has 0 fully saturated rings. The van der Waals surface area contributed by atoms with Crippen molar-refractivity contribution in [2.45, 2.75) is 37.8 Å². The number of sulfonamides is 1. The monoisotopic (exact) mass is 400 g/mol. The van der Waals surface area contributed by atoms with E-state index in [9.17, 15) is 13.2 Å². The number of carbonyl (C=O) groups is 1. The van der Waals surface area contributed by atoms with Crippen LogP contribution < -0.4 is 0 Å². The molecule has 1 aromatic heterocycles. The maximum atomic E-state index is 13.1. The summed E-state index contributed by atoms with van der Waals surface area (Å²) in [5, 5.41) is 0. The lowest BCUT2D eigenvalue weighted by Gasteiger charge is -2.32. The maximum absolute atomic E-state index is 13.1. The number of imidazole rings is 1. The Morgan fingerprint density at radius 1 is 1.14 bits per heavy atom. The molecule has 28 heavy (non-hydrogen) atoms. The number of fused-ring (bicyclic) bond motifs is 1. The number of benzene rings is 1. The number of nitrogens with zero attached hydrogens (tertiary/aromatic N) is 4. The van der Waals surface area contributed by atoms with Gasteiger partial charge < -0.3 is 9.47 Å². The van der Waals surface area contributed by atoms with Gasteiger partial charge >= 0.3 is 0 Å². The molecule has 0 N–H and O–H groups in total. The van der Waals surface area contributed by atoms with Crippen molar-refractivity contribution in [3.63, 3.8) is 0 Å². The third kappa shape index (κ3) is 3.38. The van der Waals surface area contributed by atoms with E-state index in [1.165, 1.54) is 4.31 Å². The van der Waals surface area contributed by atoms with Gasteiger partial charge in [0, 0.05) is 32.4 Å². The Bertz CT molecular complexity index is 1020. The Hall–Kier alpha value is -2.45. The quantitative estimate of drug-likeness (QED) is 0.735. The second-order valence-corrected chi connectivity index (χ2v) is 9.23. The van der Waals surface area contributed by atoms with Crippen LogP contribution in [0.15, 0.2) is 47.5 Å². The molecule has 2 aromatic rings. The zero-order valence-electron chi connectivity index (χ0n) is 16.1. The van der Waals surface area contributed by atoms with Crippen LogP contribution in [0.1, 0.15) is 30.0 Å². The summed E-state index contributed by atoms with van der Waals surface area (Å²) in [5.41, 5.74) is 1.71. The topological polar surface area (TPSA) is 75.5 Å². The molecule has 0 aliphatic carbocycles. The van der Waals surface area contributed by atoms with Gasteiger partial charge in [0.2, 0.25) is 15.9 Å². The van der Waals surface area contributed by atoms with Crippen LogP contribution in [-0.4, -0.2) is 52.7 Å². The third-order valence-electron chi connectivity index (χ3n) is 5.36. The molecule has 0 bridgehead atoms. The minimum Gasteiger partial charge on any atom is -0.335 e. The number of hydrogen-bond acceptors (Lipinski definition) is 4. The fraction of sp³-hybridized carbons (Fsp3) is 0.400. The van der Waals surface area contributed by atoms with E-state index in [2.05, 4.69) is 4.98 Å². The molecule has 1 amide bonds. The molecule has 2 aliphatic rings. The van der Waals surface area contributed by atoms with E-state index in [-0.39, 0.29) is 12.3 Å². The number of amides is 1. The lowest BCUT2D eigenvalue weighted by atomic mass is 10.2. The van der Waals surface area contributed by atoms with E-state index in [4.69, 9.17) is 0 Å². The van der Waals surface area contributed by atoms with Crippen molar-refractivity contribution >= 4 is 15.9 Å². The molecule has 8 heteroatoms. The first-order valence-corrected chi connectivity index (χ1v) is 10.9. The smallest absolute Gasteiger partial charge is 0.243 e. The van der Waals surface area contributed by atoms with Gasteiger partial charge in [0.05, 0.1) is 23.1 Å². The van der Waals surface area contributed by atoms with Crippen molar-refractivity contribution in [1.29, 1.82) is 0 Å². The van der Waals surface area contributed by atoms with Crippen LogP contribution in [0.3, 0.4) is 0 Å². The molecule has 0 spiro atoms. The van der Waals surface area contributed by atoms with Gasteiger partial charge in [-0.25, -0.2) is 13.4 Å². The van der Waals surface area contributed by atoms with E-state index < -0.39 is 16.1 Å². The second-order valence-electron chi connectivity index (χ2n) is 7.34. The summed E-state index contributed by atoms with van der Waals surface area (Å²) < 4.78 is 29.7. The van der Waals surface area contributed by atoms with Crippen LogP contribution in [0.5, 0.6) is 0 Å². The van der Waals surface area contributed by atoms with E-state index in [0.29, 0.717) is 42.6 Å². The number of rotatable bonds is 4. The number of hydrogen-bond donors (Lipinski definition) is 0. The highest BCUT2D eigenvalue weighted by Gasteiger charge is 2.35. The van der Waals surface area contributed by atoms with Crippen molar-refractivity contribution in [3.8, 4) is 0 Å². The lowest BCUT2D eigenvalue weighted by Crippen LogP contribution is -2.41. The van der Waals surface area contributed by atoms with Crippen LogP contribution in [0, 0.1) is 6.92 Å². The summed E-state index contributed by atoms with van der Waals surface area (Å²) in [6.45, 7) is 5.97. The molecule has 4 rings (SSSR count). The van der Waals surface area contributed by atoms with E-state index >= 15 is 0 Å². The zero-order chi connectivity index (χ0) is 19.9. The zero-order valence-corrected chi connectivity index (χ0v) is 16.9. The summed E-state index contributed by atoms with van der Waals surface area (Å²) in [7, 11) is -3.60. The minimum atomic E-state index is -3.60. The summed E-state index contributed by atoms with van der Waals surface area (Å²) in [6.07, 6.45) is 6.07. The molecule has 7 nitrogen and oxygen atoms in total. The third-order valence-corrected chi connectivity index (χ3v) is 7.34. The molecule has 0 radical (unpaired) electrons. The van der Waals surface area contributed by atoms with Gasteiger partial charge in [-0.3, -0.25) is 4.79 Å². The Morgan fingerprint density at radius 2 is 1.82 bits per heavy atom. The fourth-order valence-corrected chi connectivity index (χ4v) is 5.32. The van der Waals surface area contributed by atoms with Gasteiger partial charge in [0.25, 0.3) is 0 Å². The molecule has 1 unspecified atom stereocenters. The molecule has 2 aliphatic heterocycles. The van der Waals surface area contributed by atoms with E-state index in [1.54, 1.807) is 29.2 Å². The van der Waals surface area contributed by atoms with Gasteiger partial charge in [0.1, 0.15) is 5.82 Å². The summed E-state index contributed by atoms with van der Waals surface area (Å²) in [4.78, 5) is 19.0. The average molecular weight is 401 g/mol. The fourth-order valence-electron chi connectivity index (χ4n) is 3.74. The maximum Gasteiger partial charge on any atom is 0.243 e. The normalized spacial score (nSPS) is 19.8. The molecule has 0 saturated heterocycles. The Morgan fingerprint density at radius 3 is 2.50 bits per heavy atom. The largest absolute Gasteiger partial charge is 0.335 e. The molecule has 148 valence electrons. The summed E-state index contributed by atoms with van der Waals surface area (Å²) in [6, 6.07) is 6.51. The van der Waals surface area contributed by atoms with Crippen LogP contribution in [0.25, 0.3) is 0 Å². The highest BCUT2D eigenvalue weighted by atomic mass is 32.2. The number of aryl methyl sites for hydroxylation is 1. The molecule has 3 heterocycles. The van der Waals surface area contributed by atoms with Crippen LogP contribution >= 0.6 is 0 Å². The van der Waals surface area contributed by atoms with Crippen molar-refractivity contribution in [2.75, 3.05) is 19.6 Å². The first-order chi connectivity index (χ1) is 13.4. The van der Waals surface area contributed by atoms with Gasteiger partial charge in [-0.15, -0.1) is 0 Å². The van der Waals surface area contributed by atoms with Gasteiger partial charge in [0.15, 0.2) is 0 Å². The van der Waals surface area contributed by atoms with Crippen molar-refractivity contribution < 1.29 is 13.2 Å². The average Bonchev–Trinajstić information content (AvgIpc) is 3.32.